The minimum Gasteiger partial charge on any atom is -0.495 e. The van der Waals surface area contributed by atoms with Crippen LogP contribution < -0.4 is 4.74 Å². The zero-order valence-corrected chi connectivity index (χ0v) is 14.9. The van der Waals surface area contributed by atoms with E-state index in [0.717, 1.165) is 31.4 Å². The van der Waals surface area contributed by atoms with Crippen LogP contribution in [0.4, 0.5) is 19.0 Å². The van der Waals surface area contributed by atoms with E-state index >= 15 is 0 Å². The third-order valence-corrected chi connectivity index (χ3v) is 5.40. The molecule has 4 nitrogen and oxygen atoms in total. The molecule has 1 aliphatic heterocycles. The van der Waals surface area contributed by atoms with Crippen molar-refractivity contribution in [3.05, 3.63) is 29.2 Å². The normalized spacial score (nSPS) is 24.3. The van der Waals surface area contributed by atoms with Gasteiger partial charge in [0.1, 0.15) is 11.4 Å². The molecule has 0 aromatic carbocycles. The summed E-state index contributed by atoms with van der Waals surface area (Å²) in [6.07, 6.45) is -0.227. The van der Waals surface area contributed by atoms with Gasteiger partial charge in [0.2, 0.25) is 0 Å². The number of halogens is 3. The van der Waals surface area contributed by atoms with Crippen molar-refractivity contribution >= 4 is 5.82 Å². The molecule has 0 bridgehead atoms. The molecule has 1 saturated carbocycles. The highest BCUT2D eigenvalue weighted by Crippen LogP contribution is 2.49. The third-order valence-electron chi connectivity index (χ3n) is 5.40. The predicted molar refractivity (Wildman–Crippen MR) is 92.2 cm³/mol. The van der Waals surface area contributed by atoms with E-state index in [1.807, 2.05) is 13.0 Å². The Morgan fingerprint density at radius 3 is 2.69 bits per heavy atom. The molecule has 0 spiro atoms. The zero-order valence-electron chi connectivity index (χ0n) is 14.9. The molecule has 2 atom stereocenters. The highest BCUT2D eigenvalue weighted by Gasteiger charge is 2.43. The molecule has 1 saturated heterocycles. The molecule has 2 fully saturated rings. The molecule has 0 unspecified atom stereocenters. The van der Waals surface area contributed by atoms with Gasteiger partial charge >= 0.3 is 6.18 Å². The highest BCUT2D eigenvalue weighted by atomic mass is 19.4. The van der Waals surface area contributed by atoms with Gasteiger partial charge in [-0.3, -0.25) is 4.90 Å². The highest BCUT2D eigenvalue weighted by molar-refractivity contribution is 5.43. The number of hydrogen-bond acceptors (Lipinski definition) is 3. The number of ether oxygens (including phenoxy) is 1. The lowest BCUT2D eigenvalue weighted by Gasteiger charge is -2.32. The van der Waals surface area contributed by atoms with Gasteiger partial charge in [-0.1, -0.05) is 6.57 Å². The Morgan fingerprint density at radius 2 is 2.04 bits per heavy atom. The lowest BCUT2D eigenvalue weighted by molar-refractivity contribution is -0.148. The van der Waals surface area contributed by atoms with Crippen LogP contribution in [0.2, 0.25) is 0 Å². The van der Waals surface area contributed by atoms with Crippen LogP contribution in [0.5, 0.6) is 5.75 Å². The number of nitrogens with zero attached hydrogens (tertiary/aromatic N) is 3. The Bertz CT molecular complexity index is 663. The first kappa shape index (κ1) is 19.0. The molecule has 142 valence electrons. The Balaban J connectivity index is 1.37. The summed E-state index contributed by atoms with van der Waals surface area (Å²) in [4.78, 5) is 8.96. The van der Waals surface area contributed by atoms with E-state index in [9.17, 15) is 13.2 Å². The SMILES string of the molecule is [C-]#[N+]c1cc(OCC[C@@H]2C[C@@H]2C2CCN(CC(F)(F)F)CC2)cc(C)n1. The fourth-order valence-corrected chi connectivity index (χ4v) is 4.06. The van der Waals surface area contributed by atoms with Crippen LogP contribution in [-0.2, 0) is 0 Å². The average molecular weight is 367 g/mol. The van der Waals surface area contributed by atoms with E-state index < -0.39 is 12.7 Å². The van der Waals surface area contributed by atoms with Gasteiger partial charge in [0.15, 0.2) is 0 Å². The Labute approximate surface area is 152 Å². The van der Waals surface area contributed by atoms with Crippen molar-refractivity contribution in [2.75, 3.05) is 26.2 Å². The van der Waals surface area contributed by atoms with Crippen LogP contribution in [0.1, 0.15) is 31.4 Å². The van der Waals surface area contributed by atoms with Gasteiger partial charge < -0.3 is 9.58 Å². The number of aromatic nitrogens is 1. The van der Waals surface area contributed by atoms with Gasteiger partial charge in [-0.15, -0.1) is 4.98 Å². The Morgan fingerprint density at radius 1 is 1.31 bits per heavy atom. The molecule has 3 rings (SSSR count). The van der Waals surface area contributed by atoms with Crippen molar-refractivity contribution in [3.63, 3.8) is 0 Å². The van der Waals surface area contributed by atoms with E-state index in [1.165, 1.54) is 4.90 Å². The van der Waals surface area contributed by atoms with E-state index in [1.54, 1.807) is 6.07 Å². The van der Waals surface area contributed by atoms with Gasteiger partial charge in [0, 0.05) is 19.1 Å². The van der Waals surface area contributed by atoms with Crippen molar-refractivity contribution < 1.29 is 17.9 Å². The van der Waals surface area contributed by atoms with Gasteiger partial charge in [-0.25, -0.2) is 0 Å². The molecular weight excluding hydrogens is 343 g/mol. The molecule has 2 aliphatic rings. The van der Waals surface area contributed by atoms with Crippen LogP contribution in [0, 0.1) is 31.2 Å². The fourth-order valence-electron chi connectivity index (χ4n) is 4.06. The fraction of sp³-hybridized carbons (Fsp3) is 0.684. The summed E-state index contributed by atoms with van der Waals surface area (Å²) >= 11 is 0. The van der Waals surface area contributed by atoms with Crippen LogP contribution in [0.3, 0.4) is 0 Å². The van der Waals surface area contributed by atoms with Crippen molar-refractivity contribution in [3.8, 4) is 5.75 Å². The predicted octanol–water partition coefficient (Wildman–Crippen LogP) is 4.62. The number of rotatable bonds is 6. The van der Waals surface area contributed by atoms with Gasteiger partial charge in [-0.2, -0.15) is 13.2 Å². The summed E-state index contributed by atoms with van der Waals surface area (Å²) in [5.74, 6) is 2.85. The summed E-state index contributed by atoms with van der Waals surface area (Å²) in [5.41, 5.74) is 0.767. The first-order valence-corrected chi connectivity index (χ1v) is 9.12. The summed E-state index contributed by atoms with van der Waals surface area (Å²) < 4.78 is 43.1. The Hall–Kier alpha value is -1.81. The van der Waals surface area contributed by atoms with Crippen molar-refractivity contribution in [1.82, 2.24) is 9.88 Å². The van der Waals surface area contributed by atoms with Gasteiger partial charge in [0.25, 0.3) is 5.82 Å². The first-order valence-electron chi connectivity index (χ1n) is 9.12. The molecule has 0 N–H and O–H groups in total. The first-order chi connectivity index (χ1) is 12.3. The topological polar surface area (TPSA) is 29.7 Å². The lowest BCUT2D eigenvalue weighted by Crippen LogP contribution is -2.40. The molecule has 1 aliphatic carbocycles. The largest absolute Gasteiger partial charge is 0.495 e. The van der Waals surface area contributed by atoms with Gasteiger partial charge in [-0.05, 0) is 56.5 Å². The molecule has 26 heavy (non-hydrogen) atoms. The molecular formula is C19H24F3N3O. The monoisotopic (exact) mass is 367 g/mol. The number of hydrogen-bond donors (Lipinski definition) is 0. The summed E-state index contributed by atoms with van der Waals surface area (Å²) in [6, 6.07) is 3.48. The second kappa shape index (κ2) is 7.83. The second-order valence-electron chi connectivity index (χ2n) is 7.44. The summed E-state index contributed by atoms with van der Waals surface area (Å²) in [6.45, 7) is 9.81. The Kier molecular flexibility index (Phi) is 5.71. The quantitative estimate of drug-likeness (QED) is 0.687. The molecule has 1 aromatic rings. The van der Waals surface area contributed by atoms with Crippen LogP contribution in [0.25, 0.3) is 4.85 Å². The third kappa shape index (κ3) is 5.34. The summed E-state index contributed by atoms with van der Waals surface area (Å²) in [7, 11) is 0. The maximum Gasteiger partial charge on any atom is 0.401 e. The van der Waals surface area contributed by atoms with E-state index in [2.05, 4.69) is 9.83 Å². The number of piperidine rings is 1. The van der Waals surface area contributed by atoms with Crippen molar-refractivity contribution in [2.45, 2.75) is 38.8 Å². The number of likely N-dealkylation sites (tertiary alicyclic amines) is 1. The van der Waals surface area contributed by atoms with Crippen LogP contribution in [-0.4, -0.2) is 42.3 Å². The maximum absolute atomic E-state index is 12.4. The minimum absolute atomic E-state index is 0.343. The molecule has 0 radical (unpaired) electrons. The number of alkyl halides is 3. The molecule has 2 heterocycles. The molecule has 0 amide bonds. The lowest BCUT2D eigenvalue weighted by atomic mass is 9.90. The van der Waals surface area contributed by atoms with E-state index in [0.29, 0.717) is 49.0 Å². The zero-order chi connectivity index (χ0) is 18.7. The molecule has 1 aromatic heterocycles. The second-order valence-corrected chi connectivity index (χ2v) is 7.44. The van der Waals surface area contributed by atoms with Gasteiger partial charge in [0.05, 0.1) is 13.2 Å². The number of pyridine rings is 1. The molecule has 7 heteroatoms. The van der Waals surface area contributed by atoms with Crippen molar-refractivity contribution in [2.24, 2.45) is 17.8 Å². The number of aryl methyl sites for hydroxylation is 1. The maximum atomic E-state index is 12.4. The van der Waals surface area contributed by atoms with E-state index in [4.69, 9.17) is 11.3 Å². The average Bonchev–Trinajstić information content (AvgIpc) is 3.33. The minimum atomic E-state index is -4.09. The smallest absolute Gasteiger partial charge is 0.401 e. The van der Waals surface area contributed by atoms with Crippen LogP contribution >= 0.6 is 0 Å². The van der Waals surface area contributed by atoms with Crippen LogP contribution in [0.15, 0.2) is 12.1 Å². The summed E-state index contributed by atoms with van der Waals surface area (Å²) in [5, 5.41) is 0. The standard InChI is InChI=1S/C19H24F3N3O/c1-13-9-16(11-18(23-2)24-13)26-8-5-15-10-17(15)14-3-6-25(7-4-14)12-19(20,21)22/h9,11,14-15,17H,3-8,10,12H2,1H3/t15-,17-/m1/s1. The van der Waals surface area contributed by atoms with Crippen molar-refractivity contribution in [1.29, 1.82) is 0 Å². The van der Waals surface area contributed by atoms with E-state index in [-0.39, 0.29) is 0 Å².